The lowest BCUT2D eigenvalue weighted by Crippen LogP contribution is -2.49. The van der Waals surface area contributed by atoms with Crippen molar-refractivity contribution < 1.29 is 13.9 Å². The van der Waals surface area contributed by atoms with Gasteiger partial charge in [-0.1, -0.05) is 30.3 Å². The van der Waals surface area contributed by atoms with Crippen LogP contribution in [0.5, 0.6) is 0 Å². The highest BCUT2D eigenvalue weighted by Gasteiger charge is 2.39. The summed E-state index contributed by atoms with van der Waals surface area (Å²) in [6.45, 7) is 1.49. The Balaban J connectivity index is 1.60. The Bertz CT molecular complexity index is 716. The largest absolute Gasteiger partial charge is 0.445 e. The summed E-state index contributed by atoms with van der Waals surface area (Å²) in [5.41, 5.74) is 6.77. The van der Waals surface area contributed by atoms with E-state index in [0.717, 1.165) is 5.56 Å². The quantitative estimate of drug-likeness (QED) is 0.927. The van der Waals surface area contributed by atoms with Gasteiger partial charge in [-0.05, 0) is 30.5 Å². The van der Waals surface area contributed by atoms with Gasteiger partial charge >= 0.3 is 6.09 Å². The molecule has 0 aliphatic carbocycles. The van der Waals surface area contributed by atoms with Crippen LogP contribution in [0.2, 0.25) is 0 Å². The number of hydrogen-bond donors (Lipinski definition) is 1. The molecule has 132 valence electrons. The van der Waals surface area contributed by atoms with E-state index in [1.807, 2.05) is 30.3 Å². The molecular formula is C19H22FN3O2. The van der Waals surface area contributed by atoms with Crippen LogP contribution in [-0.2, 0) is 16.8 Å². The number of likely N-dealkylation sites (tertiary alicyclic amines) is 1. The molecule has 0 radical (unpaired) electrons. The Morgan fingerprint density at radius 1 is 1.20 bits per heavy atom. The van der Waals surface area contributed by atoms with Crippen molar-refractivity contribution in [2.75, 3.05) is 19.6 Å². The first-order chi connectivity index (χ1) is 12.1. The Morgan fingerprint density at radius 2 is 1.92 bits per heavy atom. The third-order valence-electron chi connectivity index (χ3n) is 4.84. The lowest BCUT2D eigenvalue weighted by atomic mass is 9.75. The maximum absolute atomic E-state index is 14.1. The fourth-order valence-corrected chi connectivity index (χ4v) is 3.24. The van der Waals surface area contributed by atoms with E-state index in [9.17, 15) is 9.18 Å². The van der Waals surface area contributed by atoms with E-state index in [2.05, 4.69) is 4.98 Å². The summed E-state index contributed by atoms with van der Waals surface area (Å²) in [7, 11) is 0. The van der Waals surface area contributed by atoms with Gasteiger partial charge in [-0.15, -0.1) is 0 Å². The van der Waals surface area contributed by atoms with E-state index in [1.54, 1.807) is 17.2 Å². The van der Waals surface area contributed by atoms with E-state index >= 15 is 0 Å². The van der Waals surface area contributed by atoms with Gasteiger partial charge in [0, 0.05) is 31.2 Å². The molecule has 1 fully saturated rings. The molecule has 6 heteroatoms. The number of aromatic nitrogens is 1. The van der Waals surface area contributed by atoms with Gasteiger partial charge in [-0.3, -0.25) is 4.98 Å². The molecule has 1 aromatic heterocycles. The van der Waals surface area contributed by atoms with E-state index in [0.29, 0.717) is 38.2 Å². The summed E-state index contributed by atoms with van der Waals surface area (Å²) < 4.78 is 19.5. The number of amides is 1. The summed E-state index contributed by atoms with van der Waals surface area (Å²) >= 11 is 0. The van der Waals surface area contributed by atoms with Crippen molar-refractivity contribution in [1.29, 1.82) is 0 Å². The van der Waals surface area contributed by atoms with Gasteiger partial charge in [0.25, 0.3) is 0 Å². The SMILES string of the molecule is NCC1(c2ncccc2F)CCN(C(=O)OCc2ccccc2)CC1. The van der Waals surface area contributed by atoms with Crippen molar-refractivity contribution in [2.45, 2.75) is 24.9 Å². The van der Waals surface area contributed by atoms with E-state index in [-0.39, 0.29) is 18.5 Å². The topological polar surface area (TPSA) is 68.5 Å². The van der Waals surface area contributed by atoms with Crippen LogP contribution in [0.15, 0.2) is 48.7 Å². The maximum Gasteiger partial charge on any atom is 0.410 e. The average Bonchev–Trinajstić information content (AvgIpc) is 2.67. The number of nitrogens with two attached hydrogens (primary N) is 1. The Hall–Kier alpha value is -2.47. The minimum absolute atomic E-state index is 0.243. The zero-order chi connectivity index (χ0) is 17.7. The second kappa shape index (κ2) is 7.61. The molecule has 3 rings (SSSR count). The van der Waals surface area contributed by atoms with Crippen molar-refractivity contribution in [3.8, 4) is 0 Å². The molecule has 1 saturated heterocycles. The number of ether oxygens (including phenoxy) is 1. The molecular weight excluding hydrogens is 321 g/mol. The van der Waals surface area contributed by atoms with Gasteiger partial charge < -0.3 is 15.4 Å². The molecule has 0 atom stereocenters. The van der Waals surface area contributed by atoms with Crippen molar-refractivity contribution in [2.24, 2.45) is 5.73 Å². The molecule has 1 aromatic carbocycles. The van der Waals surface area contributed by atoms with Crippen LogP contribution in [0, 0.1) is 5.82 Å². The highest BCUT2D eigenvalue weighted by Crippen LogP contribution is 2.35. The van der Waals surface area contributed by atoms with Crippen LogP contribution in [0.4, 0.5) is 9.18 Å². The van der Waals surface area contributed by atoms with E-state index < -0.39 is 5.41 Å². The molecule has 0 unspecified atom stereocenters. The Labute approximate surface area is 146 Å². The first-order valence-corrected chi connectivity index (χ1v) is 8.41. The van der Waals surface area contributed by atoms with Crippen LogP contribution < -0.4 is 5.73 Å². The Kier molecular flexibility index (Phi) is 5.28. The second-order valence-corrected chi connectivity index (χ2v) is 6.35. The van der Waals surface area contributed by atoms with Crippen molar-refractivity contribution in [1.82, 2.24) is 9.88 Å². The molecule has 2 aromatic rings. The van der Waals surface area contributed by atoms with Crippen LogP contribution in [-0.4, -0.2) is 35.6 Å². The number of carbonyl (C=O) groups excluding carboxylic acids is 1. The summed E-state index contributed by atoms with van der Waals surface area (Å²) in [4.78, 5) is 18.1. The fraction of sp³-hybridized carbons (Fsp3) is 0.368. The fourth-order valence-electron chi connectivity index (χ4n) is 3.24. The number of carbonyl (C=O) groups is 1. The highest BCUT2D eigenvalue weighted by atomic mass is 19.1. The smallest absolute Gasteiger partial charge is 0.410 e. The molecule has 25 heavy (non-hydrogen) atoms. The van der Waals surface area contributed by atoms with Crippen LogP contribution in [0.25, 0.3) is 0 Å². The molecule has 0 bridgehead atoms. The monoisotopic (exact) mass is 343 g/mol. The highest BCUT2D eigenvalue weighted by molar-refractivity contribution is 5.67. The van der Waals surface area contributed by atoms with E-state index in [4.69, 9.17) is 10.5 Å². The number of halogens is 1. The van der Waals surface area contributed by atoms with Crippen LogP contribution in [0.3, 0.4) is 0 Å². The first-order valence-electron chi connectivity index (χ1n) is 8.41. The number of pyridine rings is 1. The van der Waals surface area contributed by atoms with Crippen molar-refractivity contribution >= 4 is 6.09 Å². The molecule has 0 spiro atoms. The maximum atomic E-state index is 14.1. The minimum atomic E-state index is -0.526. The third kappa shape index (κ3) is 3.79. The van der Waals surface area contributed by atoms with Gasteiger partial charge in [0.2, 0.25) is 0 Å². The predicted molar refractivity (Wildman–Crippen MR) is 92.4 cm³/mol. The Morgan fingerprint density at radius 3 is 2.56 bits per heavy atom. The number of nitrogens with zero attached hydrogens (tertiary/aromatic N) is 2. The summed E-state index contributed by atoms with van der Waals surface area (Å²) in [5.74, 6) is -0.340. The molecule has 2 N–H and O–H groups in total. The first kappa shape index (κ1) is 17.4. The number of hydrogen-bond acceptors (Lipinski definition) is 4. The number of benzene rings is 1. The van der Waals surface area contributed by atoms with Crippen molar-refractivity contribution in [3.63, 3.8) is 0 Å². The van der Waals surface area contributed by atoms with Gasteiger partial charge in [0.05, 0.1) is 5.69 Å². The van der Waals surface area contributed by atoms with Crippen molar-refractivity contribution in [3.05, 3.63) is 65.7 Å². The summed E-state index contributed by atoms with van der Waals surface area (Å²) in [5, 5.41) is 0. The molecule has 1 aliphatic heterocycles. The minimum Gasteiger partial charge on any atom is -0.445 e. The molecule has 5 nitrogen and oxygen atoms in total. The van der Waals surface area contributed by atoms with Gasteiger partial charge in [-0.2, -0.15) is 0 Å². The second-order valence-electron chi connectivity index (χ2n) is 6.35. The third-order valence-corrected chi connectivity index (χ3v) is 4.84. The predicted octanol–water partition coefficient (Wildman–Crippen LogP) is 2.85. The molecule has 0 saturated carbocycles. The molecule has 2 heterocycles. The summed E-state index contributed by atoms with van der Waals surface area (Å²) in [6, 6.07) is 12.5. The zero-order valence-electron chi connectivity index (χ0n) is 14.0. The standard InChI is InChI=1S/C19H22FN3O2/c20-16-7-4-10-22-17(16)19(14-21)8-11-23(12-9-19)18(24)25-13-15-5-2-1-3-6-15/h1-7,10H,8-9,11-14,21H2. The lowest BCUT2D eigenvalue weighted by molar-refractivity contribution is 0.0771. The molecule has 1 amide bonds. The molecule has 1 aliphatic rings. The van der Waals surface area contributed by atoms with Gasteiger partial charge in [-0.25, -0.2) is 9.18 Å². The zero-order valence-corrected chi connectivity index (χ0v) is 14.0. The number of piperidine rings is 1. The normalized spacial score (nSPS) is 16.5. The van der Waals surface area contributed by atoms with Gasteiger partial charge in [0.1, 0.15) is 12.4 Å². The van der Waals surface area contributed by atoms with Gasteiger partial charge in [0.15, 0.2) is 0 Å². The summed E-state index contributed by atoms with van der Waals surface area (Å²) in [6.07, 6.45) is 2.36. The van der Waals surface area contributed by atoms with Crippen LogP contribution in [0.1, 0.15) is 24.1 Å². The lowest BCUT2D eigenvalue weighted by Gasteiger charge is -2.40. The van der Waals surface area contributed by atoms with E-state index in [1.165, 1.54) is 6.07 Å². The average molecular weight is 343 g/mol. The van der Waals surface area contributed by atoms with Crippen LogP contribution >= 0.6 is 0 Å². The number of rotatable bonds is 4.